The number of amides is 1. The molecule has 0 bridgehead atoms. The fourth-order valence-electron chi connectivity index (χ4n) is 2.51. The van der Waals surface area contributed by atoms with E-state index in [9.17, 15) is 4.79 Å². The topological polar surface area (TPSA) is 59.9 Å². The molecule has 144 valence electrons. The maximum atomic E-state index is 12.3. The van der Waals surface area contributed by atoms with Crippen molar-refractivity contribution >= 4 is 12.1 Å². The Labute approximate surface area is 170 Å². The molecule has 29 heavy (non-hydrogen) atoms. The molecular formula is C24H20N2O3. The average Bonchev–Trinajstić information content (AvgIpc) is 2.78. The highest BCUT2D eigenvalue weighted by molar-refractivity contribution is 5.95. The third-order valence-electron chi connectivity index (χ3n) is 3.96. The van der Waals surface area contributed by atoms with Gasteiger partial charge >= 0.3 is 0 Å². The Balaban J connectivity index is 1.54. The molecule has 5 nitrogen and oxygen atoms in total. The molecule has 5 heteroatoms. The molecule has 0 unspecified atom stereocenters. The molecule has 3 aromatic carbocycles. The van der Waals surface area contributed by atoms with E-state index in [0.717, 1.165) is 5.56 Å². The van der Waals surface area contributed by atoms with Crippen LogP contribution in [-0.4, -0.2) is 18.7 Å². The number of nitrogens with one attached hydrogen (secondary N) is 1. The summed E-state index contributed by atoms with van der Waals surface area (Å²) in [6.07, 6.45) is 6.73. The first-order valence-electron chi connectivity index (χ1n) is 9.02. The number of benzene rings is 3. The molecule has 0 aromatic heterocycles. The van der Waals surface area contributed by atoms with Crippen molar-refractivity contribution in [1.82, 2.24) is 5.43 Å². The zero-order chi connectivity index (χ0) is 20.3. The van der Waals surface area contributed by atoms with Crippen molar-refractivity contribution in [3.63, 3.8) is 0 Å². The van der Waals surface area contributed by atoms with Crippen LogP contribution < -0.4 is 14.9 Å². The highest BCUT2D eigenvalue weighted by Crippen LogP contribution is 2.16. The molecule has 0 aliphatic rings. The van der Waals surface area contributed by atoms with E-state index in [1.165, 1.54) is 6.21 Å². The number of carbonyl (C=O) groups excluding carboxylic acids is 1. The molecule has 3 rings (SSSR count). The van der Waals surface area contributed by atoms with Gasteiger partial charge in [-0.3, -0.25) is 4.79 Å². The third-order valence-corrected chi connectivity index (χ3v) is 3.96. The van der Waals surface area contributed by atoms with Gasteiger partial charge in [-0.15, -0.1) is 6.42 Å². The van der Waals surface area contributed by atoms with Gasteiger partial charge in [-0.2, -0.15) is 5.10 Å². The minimum atomic E-state index is -0.321. The van der Waals surface area contributed by atoms with Crippen LogP contribution in [0.3, 0.4) is 0 Å². The summed E-state index contributed by atoms with van der Waals surface area (Å²) in [4.78, 5) is 12.3. The predicted octanol–water partition coefficient (Wildman–Crippen LogP) is 4.04. The van der Waals surface area contributed by atoms with Crippen molar-refractivity contribution in [3.8, 4) is 23.8 Å². The first-order chi connectivity index (χ1) is 14.3. The third kappa shape index (κ3) is 5.98. The number of hydrogen-bond donors (Lipinski definition) is 1. The molecular weight excluding hydrogens is 364 g/mol. The van der Waals surface area contributed by atoms with E-state index in [-0.39, 0.29) is 12.5 Å². The molecule has 0 aliphatic heterocycles. The molecule has 0 atom stereocenters. The number of hydrogen-bond acceptors (Lipinski definition) is 4. The number of nitrogens with zero attached hydrogens (tertiary/aromatic N) is 1. The van der Waals surface area contributed by atoms with Crippen LogP contribution in [0.1, 0.15) is 21.5 Å². The van der Waals surface area contributed by atoms with Crippen LogP contribution in [0.5, 0.6) is 11.5 Å². The molecule has 0 radical (unpaired) electrons. The van der Waals surface area contributed by atoms with Gasteiger partial charge in [-0.25, -0.2) is 5.43 Å². The Morgan fingerprint density at radius 1 is 0.966 bits per heavy atom. The number of terminal acetylenes is 1. The number of carbonyl (C=O) groups is 1. The summed E-state index contributed by atoms with van der Waals surface area (Å²) in [5.74, 6) is 3.38. The second-order valence-electron chi connectivity index (χ2n) is 6.03. The summed E-state index contributed by atoms with van der Waals surface area (Å²) >= 11 is 0. The van der Waals surface area contributed by atoms with Crippen LogP contribution in [0.15, 0.2) is 84.0 Å². The van der Waals surface area contributed by atoms with Crippen molar-refractivity contribution in [2.75, 3.05) is 6.61 Å². The quantitative estimate of drug-likeness (QED) is 0.362. The van der Waals surface area contributed by atoms with Crippen LogP contribution in [0, 0.1) is 12.3 Å². The normalized spacial score (nSPS) is 10.3. The fourth-order valence-corrected chi connectivity index (χ4v) is 2.51. The first kappa shape index (κ1) is 19.7. The second kappa shape index (κ2) is 10.3. The highest BCUT2D eigenvalue weighted by atomic mass is 16.5. The van der Waals surface area contributed by atoms with Gasteiger partial charge in [0.25, 0.3) is 5.91 Å². The average molecular weight is 384 g/mol. The molecule has 1 amide bonds. The summed E-state index contributed by atoms with van der Waals surface area (Å²) in [6, 6.07) is 24.1. The van der Waals surface area contributed by atoms with Crippen LogP contribution >= 0.6 is 0 Å². The van der Waals surface area contributed by atoms with Crippen LogP contribution in [0.4, 0.5) is 0 Å². The van der Waals surface area contributed by atoms with E-state index in [2.05, 4.69) is 16.4 Å². The van der Waals surface area contributed by atoms with Crippen LogP contribution in [-0.2, 0) is 6.61 Å². The summed E-state index contributed by atoms with van der Waals surface area (Å²) in [6.45, 7) is 0.633. The lowest BCUT2D eigenvalue weighted by molar-refractivity contribution is 0.0955. The Morgan fingerprint density at radius 3 is 2.45 bits per heavy atom. The maximum absolute atomic E-state index is 12.3. The minimum Gasteiger partial charge on any atom is -0.489 e. The minimum absolute atomic E-state index is 0.163. The SMILES string of the molecule is C#CCOc1ccccc1/C=N\NC(=O)c1ccc(OCc2ccccc2)cc1. The summed E-state index contributed by atoms with van der Waals surface area (Å²) < 4.78 is 11.2. The summed E-state index contributed by atoms with van der Waals surface area (Å²) in [5, 5.41) is 4.00. The van der Waals surface area contributed by atoms with Gasteiger partial charge < -0.3 is 9.47 Å². The lowest BCUT2D eigenvalue weighted by atomic mass is 10.2. The van der Waals surface area contributed by atoms with E-state index in [1.807, 2.05) is 48.5 Å². The maximum Gasteiger partial charge on any atom is 0.271 e. The Bertz CT molecular complexity index is 1010. The number of rotatable bonds is 8. The molecule has 0 saturated heterocycles. The molecule has 0 heterocycles. The van der Waals surface area contributed by atoms with Gasteiger partial charge in [0.15, 0.2) is 0 Å². The Hall–Kier alpha value is -4.04. The lowest BCUT2D eigenvalue weighted by Crippen LogP contribution is -2.17. The number of hydrazone groups is 1. The van der Waals surface area contributed by atoms with E-state index >= 15 is 0 Å². The van der Waals surface area contributed by atoms with E-state index in [0.29, 0.717) is 29.2 Å². The van der Waals surface area contributed by atoms with E-state index < -0.39 is 0 Å². The predicted molar refractivity (Wildman–Crippen MR) is 113 cm³/mol. The summed E-state index contributed by atoms with van der Waals surface area (Å²) in [5.41, 5.74) is 4.77. The van der Waals surface area contributed by atoms with Crippen molar-refractivity contribution in [1.29, 1.82) is 0 Å². The van der Waals surface area contributed by atoms with E-state index in [4.69, 9.17) is 15.9 Å². The van der Waals surface area contributed by atoms with Crippen LogP contribution in [0.25, 0.3) is 0 Å². The Morgan fingerprint density at radius 2 is 1.69 bits per heavy atom. The van der Waals surface area contributed by atoms with Crippen molar-refractivity contribution in [2.45, 2.75) is 6.61 Å². The lowest BCUT2D eigenvalue weighted by Gasteiger charge is -2.07. The Kier molecular flexibility index (Phi) is 7.03. The molecule has 0 aliphatic carbocycles. The van der Waals surface area contributed by atoms with Crippen LogP contribution in [0.2, 0.25) is 0 Å². The molecule has 0 spiro atoms. The number of ether oxygens (including phenoxy) is 2. The van der Waals surface area contributed by atoms with Gasteiger partial charge in [0, 0.05) is 11.1 Å². The molecule has 3 aromatic rings. The largest absolute Gasteiger partial charge is 0.489 e. The van der Waals surface area contributed by atoms with Gasteiger partial charge in [0.05, 0.1) is 6.21 Å². The van der Waals surface area contributed by atoms with Crippen molar-refractivity contribution < 1.29 is 14.3 Å². The number of para-hydroxylation sites is 1. The van der Waals surface area contributed by atoms with Gasteiger partial charge in [0.2, 0.25) is 0 Å². The summed E-state index contributed by atoms with van der Waals surface area (Å²) in [7, 11) is 0. The molecule has 0 saturated carbocycles. The van der Waals surface area contributed by atoms with Gasteiger partial charge in [0.1, 0.15) is 24.7 Å². The fraction of sp³-hybridized carbons (Fsp3) is 0.0833. The standard InChI is InChI=1S/C24H20N2O3/c1-2-16-28-23-11-7-6-10-21(23)17-25-26-24(27)20-12-14-22(15-13-20)29-18-19-8-4-3-5-9-19/h1,3-15,17H,16,18H2,(H,26,27)/b25-17-. The second-order valence-corrected chi connectivity index (χ2v) is 6.03. The molecule has 0 fully saturated rings. The smallest absolute Gasteiger partial charge is 0.271 e. The van der Waals surface area contributed by atoms with Gasteiger partial charge in [-0.1, -0.05) is 48.4 Å². The van der Waals surface area contributed by atoms with Gasteiger partial charge in [-0.05, 0) is 42.0 Å². The zero-order valence-electron chi connectivity index (χ0n) is 15.7. The zero-order valence-corrected chi connectivity index (χ0v) is 15.7. The van der Waals surface area contributed by atoms with Crippen molar-refractivity contribution in [2.24, 2.45) is 5.10 Å². The monoisotopic (exact) mass is 384 g/mol. The first-order valence-corrected chi connectivity index (χ1v) is 9.02. The van der Waals surface area contributed by atoms with E-state index in [1.54, 1.807) is 30.3 Å². The molecule has 1 N–H and O–H groups in total. The highest BCUT2D eigenvalue weighted by Gasteiger charge is 2.05. The van der Waals surface area contributed by atoms with Crippen molar-refractivity contribution in [3.05, 3.63) is 95.6 Å².